The van der Waals surface area contributed by atoms with Crippen molar-refractivity contribution in [2.45, 2.75) is 71.4 Å². The lowest BCUT2D eigenvalue weighted by atomic mass is 9.87. The number of hydrogen-bond donors (Lipinski definition) is 1. The topological polar surface area (TPSA) is 23.5 Å². The Morgan fingerprint density at radius 2 is 1.94 bits per heavy atom. The van der Waals surface area contributed by atoms with Crippen LogP contribution in [-0.4, -0.2) is 35.2 Å². The molecular weight excluding hydrogens is 210 g/mol. The van der Waals surface area contributed by atoms with E-state index in [1.165, 1.54) is 45.1 Å². The average molecular weight is 239 g/mol. The molecule has 0 aromatic rings. The summed E-state index contributed by atoms with van der Waals surface area (Å²) >= 11 is 0. The van der Waals surface area contributed by atoms with Gasteiger partial charge in [0.05, 0.1) is 6.10 Å². The van der Waals surface area contributed by atoms with Crippen molar-refractivity contribution in [1.82, 2.24) is 4.90 Å². The summed E-state index contributed by atoms with van der Waals surface area (Å²) in [5, 5.41) is 10.4. The van der Waals surface area contributed by atoms with Crippen LogP contribution in [0.4, 0.5) is 0 Å². The number of aliphatic hydroxyl groups is 1. The van der Waals surface area contributed by atoms with E-state index >= 15 is 0 Å². The minimum Gasteiger partial charge on any atom is -0.392 e. The first-order valence-electron chi connectivity index (χ1n) is 7.43. The fraction of sp³-hybridized carbons (Fsp3) is 1.00. The van der Waals surface area contributed by atoms with Crippen molar-refractivity contribution in [1.29, 1.82) is 0 Å². The molecule has 0 bridgehead atoms. The number of aliphatic hydroxyl groups excluding tert-OH is 1. The molecule has 1 saturated carbocycles. The molecule has 2 rings (SSSR count). The molecule has 17 heavy (non-hydrogen) atoms. The molecule has 0 spiro atoms. The summed E-state index contributed by atoms with van der Waals surface area (Å²) in [5.41, 5.74) is 0.139. The third-order valence-corrected chi connectivity index (χ3v) is 5.07. The van der Waals surface area contributed by atoms with Crippen molar-refractivity contribution in [2.75, 3.05) is 13.1 Å². The van der Waals surface area contributed by atoms with Crippen molar-refractivity contribution < 1.29 is 5.11 Å². The van der Waals surface area contributed by atoms with Gasteiger partial charge >= 0.3 is 0 Å². The molecule has 2 fully saturated rings. The van der Waals surface area contributed by atoms with Gasteiger partial charge in [0.25, 0.3) is 0 Å². The van der Waals surface area contributed by atoms with Crippen LogP contribution in [-0.2, 0) is 0 Å². The summed E-state index contributed by atoms with van der Waals surface area (Å²) in [6.07, 6.45) is 7.75. The predicted molar refractivity (Wildman–Crippen MR) is 72.0 cm³/mol. The van der Waals surface area contributed by atoms with Gasteiger partial charge in [0, 0.05) is 12.6 Å². The van der Waals surface area contributed by atoms with E-state index in [4.69, 9.17) is 0 Å². The van der Waals surface area contributed by atoms with Crippen LogP contribution >= 0.6 is 0 Å². The molecule has 2 aliphatic rings. The highest BCUT2D eigenvalue weighted by molar-refractivity contribution is 4.92. The normalized spacial score (nSPS) is 39.2. The van der Waals surface area contributed by atoms with Gasteiger partial charge in [-0.05, 0) is 50.5 Å². The number of hydrogen-bond acceptors (Lipinski definition) is 2. The fourth-order valence-electron chi connectivity index (χ4n) is 3.60. The molecule has 0 aromatic heterocycles. The number of rotatable bonds is 2. The van der Waals surface area contributed by atoms with Gasteiger partial charge in [0.2, 0.25) is 0 Å². The van der Waals surface area contributed by atoms with Gasteiger partial charge in [-0.25, -0.2) is 0 Å². The molecule has 3 unspecified atom stereocenters. The molecule has 1 aliphatic heterocycles. The third-order valence-electron chi connectivity index (χ3n) is 5.07. The molecule has 2 heteroatoms. The highest BCUT2D eigenvalue weighted by atomic mass is 16.3. The Kier molecular flexibility index (Phi) is 4.14. The second-order valence-corrected chi connectivity index (χ2v) is 6.93. The SMILES string of the molecule is CC1CCCCCN1CC1CCC(C)(C)C1O. The van der Waals surface area contributed by atoms with Crippen molar-refractivity contribution in [3.05, 3.63) is 0 Å². The van der Waals surface area contributed by atoms with Crippen LogP contribution in [0.15, 0.2) is 0 Å². The van der Waals surface area contributed by atoms with Crippen LogP contribution in [0.25, 0.3) is 0 Å². The van der Waals surface area contributed by atoms with E-state index in [1.807, 2.05) is 0 Å². The monoisotopic (exact) mass is 239 g/mol. The van der Waals surface area contributed by atoms with Gasteiger partial charge in [-0.1, -0.05) is 26.7 Å². The lowest BCUT2D eigenvalue weighted by Crippen LogP contribution is -2.40. The van der Waals surface area contributed by atoms with Gasteiger partial charge in [0.1, 0.15) is 0 Å². The van der Waals surface area contributed by atoms with Gasteiger partial charge in [-0.15, -0.1) is 0 Å². The van der Waals surface area contributed by atoms with Crippen LogP contribution in [0, 0.1) is 11.3 Å². The van der Waals surface area contributed by atoms with Gasteiger partial charge in [-0.2, -0.15) is 0 Å². The van der Waals surface area contributed by atoms with Crippen molar-refractivity contribution in [2.24, 2.45) is 11.3 Å². The first kappa shape index (κ1) is 13.4. The zero-order valence-corrected chi connectivity index (χ0v) is 11.8. The lowest BCUT2D eigenvalue weighted by molar-refractivity contribution is 0.0278. The molecule has 0 aromatic carbocycles. The maximum absolute atomic E-state index is 10.4. The van der Waals surface area contributed by atoms with Crippen LogP contribution in [0.2, 0.25) is 0 Å². The molecule has 0 radical (unpaired) electrons. The van der Waals surface area contributed by atoms with Crippen LogP contribution in [0.5, 0.6) is 0 Å². The summed E-state index contributed by atoms with van der Waals surface area (Å²) in [6, 6.07) is 0.716. The second kappa shape index (κ2) is 5.27. The summed E-state index contributed by atoms with van der Waals surface area (Å²) < 4.78 is 0. The molecule has 1 saturated heterocycles. The Balaban J connectivity index is 1.92. The highest BCUT2D eigenvalue weighted by Crippen LogP contribution is 2.41. The minimum absolute atomic E-state index is 0.0991. The van der Waals surface area contributed by atoms with Crippen LogP contribution in [0.1, 0.15) is 59.3 Å². The number of likely N-dealkylation sites (tertiary alicyclic amines) is 1. The maximum Gasteiger partial charge on any atom is 0.0631 e. The zero-order chi connectivity index (χ0) is 12.5. The van der Waals surface area contributed by atoms with E-state index in [2.05, 4.69) is 25.7 Å². The molecule has 1 heterocycles. The van der Waals surface area contributed by atoms with E-state index in [9.17, 15) is 5.11 Å². The zero-order valence-electron chi connectivity index (χ0n) is 11.8. The Morgan fingerprint density at radius 1 is 1.18 bits per heavy atom. The smallest absolute Gasteiger partial charge is 0.0631 e. The summed E-state index contributed by atoms with van der Waals surface area (Å²) in [6.45, 7) is 9.14. The molecule has 2 nitrogen and oxygen atoms in total. The summed E-state index contributed by atoms with van der Waals surface area (Å²) in [4.78, 5) is 2.63. The van der Waals surface area contributed by atoms with Crippen molar-refractivity contribution in [3.63, 3.8) is 0 Å². The fourth-order valence-corrected chi connectivity index (χ4v) is 3.60. The molecule has 1 aliphatic carbocycles. The molecule has 100 valence electrons. The van der Waals surface area contributed by atoms with Gasteiger partial charge < -0.3 is 10.0 Å². The Morgan fingerprint density at radius 3 is 2.59 bits per heavy atom. The van der Waals surface area contributed by atoms with E-state index in [-0.39, 0.29) is 11.5 Å². The quantitative estimate of drug-likeness (QED) is 0.800. The molecule has 1 N–H and O–H groups in total. The van der Waals surface area contributed by atoms with Crippen molar-refractivity contribution in [3.8, 4) is 0 Å². The minimum atomic E-state index is -0.0991. The first-order chi connectivity index (χ1) is 8.00. The Labute approximate surface area is 106 Å². The van der Waals surface area contributed by atoms with E-state index in [0.717, 1.165) is 6.54 Å². The first-order valence-corrected chi connectivity index (χ1v) is 7.43. The molecular formula is C15H29NO. The maximum atomic E-state index is 10.4. The molecule has 3 atom stereocenters. The van der Waals surface area contributed by atoms with E-state index in [1.54, 1.807) is 0 Å². The Bertz CT molecular complexity index is 249. The second-order valence-electron chi connectivity index (χ2n) is 6.93. The van der Waals surface area contributed by atoms with Crippen molar-refractivity contribution >= 4 is 0 Å². The summed E-state index contributed by atoms with van der Waals surface area (Å²) in [5.74, 6) is 0.505. The predicted octanol–water partition coefficient (Wildman–Crippen LogP) is 3.05. The van der Waals surface area contributed by atoms with E-state index in [0.29, 0.717) is 12.0 Å². The standard InChI is InChI=1S/C15H29NO/c1-12-7-5-4-6-10-16(12)11-13-8-9-15(2,3)14(13)17/h12-14,17H,4-11H2,1-3H3. The van der Waals surface area contributed by atoms with Gasteiger partial charge in [-0.3, -0.25) is 0 Å². The number of nitrogens with zero attached hydrogens (tertiary/aromatic N) is 1. The van der Waals surface area contributed by atoms with Gasteiger partial charge in [0.15, 0.2) is 0 Å². The lowest BCUT2D eigenvalue weighted by Gasteiger charge is -2.32. The average Bonchev–Trinajstić information content (AvgIpc) is 2.45. The molecule has 0 amide bonds. The van der Waals surface area contributed by atoms with Crippen LogP contribution in [0.3, 0.4) is 0 Å². The van der Waals surface area contributed by atoms with Crippen LogP contribution < -0.4 is 0 Å². The highest BCUT2D eigenvalue weighted by Gasteiger charge is 2.41. The van der Waals surface area contributed by atoms with E-state index < -0.39 is 0 Å². The Hall–Kier alpha value is -0.0800. The largest absolute Gasteiger partial charge is 0.392 e. The third kappa shape index (κ3) is 3.03. The summed E-state index contributed by atoms with van der Waals surface area (Å²) in [7, 11) is 0.